The Labute approximate surface area is 201 Å². The minimum Gasteiger partial charge on any atom is -0.480 e. The summed E-state index contributed by atoms with van der Waals surface area (Å²) in [5, 5.41) is 11.8. The zero-order valence-corrected chi connectivity index (χ0v) is 20.1. The molecule has 1 aliphatic carbocycles. The molecule has 0 radical (unpaired) electrons. The zero-order valence-electron chi connectivity index (χ0n) is 20.1. The highest BCUT2D eigenvalue weighted by Crippen LogP contribution is 2.44. The van der Waals surface area contributed by atoms with E-state index in [0.29, 0.717) is 19.5 Å². The topological polar surface area (TPSA) is 95.9 Å². The van der Waals surface area contributed by atoms with Crippen LogP contribution in [0.15, 0.2) is 48.5 Å². The van der Waals surface area contributed by atoms with Gasteiger partial charge in [-0.05, 0) is 40.5 Å². The second-order valence-electron chi connectivity index (χ2n) is 9.41. The molecule has 1 aliphatic rings. The lowest BCUT2D eigenvalue weighted by Crippen LogP contribution is -2.38. The Bertz CT molecular complexity index is 974. The van der Waals surface area contributed by atoms with Gasteiger partial charge in [-0.3, -0.25) is 9.59 Å². The summed E-state index contributed by atoms with van der Waals surface area (Å²) in [6.45, 7) is 6.60. The number of carbonyl (C=O) groups is 3. The van der Waals surface area contributed by atoms with E-state index in [9.17, 15) is 14.4 Å². The summed E-state index contributed by atoms with van der Waals surface area (Å²) in [5.41, 5.74) is 4.69. The van der Waals surface area contributed by atoms with Crippen molar-refractivity contribution in [2.24, 2.45) is 11.8 Å². The van der Waals surface area contributed by atoms with Gasteiger partial charge in [-0.1, -0.05) is 69.3 Å². The summed E-state index contributed by atoms with van der Waals surface area (Å²) in [6, 6.07) is 16.4. The summed E-state index contributed by atoms with van der Waals surface area (Å²) in [7, 11) is 0. The van der Waals surface area contributed by atoms with Gasteiger partial charge in [0, 0.05) is 25.4 Å². The van der Waals surface area contributed by atoms with Crippen molar-refractivity contribution in [2.45, 2.75) is 39.5 Å². The first-order valence-electron chi connectivity index (χ1n) is 11.8. The van der Waals surface area contributed by atoms with E-state index in [2.05, 4.69) is 29.6 Å². The van der Waals surface area contributed by atoms with E-state index in [0.717, 1.165) is 11.1 Å². The maximum absolute atomic E-state index is 12.5. The van der Waals surface area contributed by atoms with Gasteiger partial charge in [0.15, 0.2) is 0 Å². The Morgan fingerprint density at radius 3 is 2.15 bits per heavy atom. The third-order valence-corrected chi connectivity index (χ3v) is 6.05. The SMILES string of the molecule is CC(C)CN(CC(=O)O)C(=O)CCC(C)CNC(=O)OCC1c2ccccc2-c2ccccc21. The van der Waals surface area contributed by atoms with Crippen LogP contribution in [0.5, 0.6) is 0 Å². The van der Waals surface area contributed by atoms with Crippen LogP contribution in [0.2, 0.25) is 0 Å². The van der Waals surface area contributed by atoms with Crippen LogP contribution >= 0.6 is 0 Å². The average Bonchev–Trinajstić information content (AvgIpc) is 3.12. The first kappa shape index (κ1) is 25.3. The fourth-order valence-corrected chi connectivity index (χ4v) is 4.40. The molecule has 0 spiro atoms. The van der Waals surface area contributed by atoms with Crippen molar-refractivity contribution in [1.29, 1.82) is 0 Å². The molecule has 0 aliphatic heterocycles. The van der Waals surface area contributed by atoms with Crippen LogP contribution in [0.3, 0.4) is 0 Å². The molecule has 1 atom stereocenters. The van der Waals surface area contributed by atoms with Gasteiger partial charge in [0.2, 0.25) is 5.91 Å². The molecule has 0 heterocycles. The second kappa shape index (κ2) is 11.7. The highest BCUT2D eigenvalue weighted by atomic mass is 16.5. The number of nitrogens with one attached hydrogen (secondary N) is 1. The van der Waals surface area contributed by atoms with Crippen molar-refractivity contribution in [1.82, 2.24) is 10.2 Å². The van der Waals surface area contributed by atoms with Crippen LogP contribution in [0.25, 0.3) is 11.1 Å². The van der Waals surface area contributed by atoms with E-state index in [1.54, 1.807) is 0 Å². The number of carboxylic acids is 1. The molecule has 0 bridgehead atoms. The molecule has 182 valence electrons. The van der Waals surface area contributed by atoms with Gasteiger partial charge in [0.05, 0.1) is 0 Å². The first-order valence-corrected chi connectivity index (χ1v) is 11.8. The largest absolute Gasteiger partial charge is 0.480 e. The van der Waals surface area contributed by atoms with Crippen LogP contribution in [0, 0.1) is 11.8 Å². The normalized spacial score (nSPS) is 13.2. The zero-order chi connectivity index (χ0) is 24.7. The minimum atomic E-state index is -1.01. The molecule has 7 heteroatoms. The van der Waals surface area contributed by atoms with E-state index in [-0.39, 0.29) is 43.2 Å². The molecule has 0 fully saturated rings. The smallest absolute Gasteiger partial charge is 0.407 e. The Morgan fingerprint density at radius 2 is 1.59 bits per heavy atom. The summed E-state index contributed by atoms with van der Waals surface area (Å²) < 4.78 is 5.55. The third-order valence-electron chi connectivity index (χ3n) is 6.05. The van der Waals surface area contributed by atoms with Crippen molar-refractivity contribution < 1.29 is 24.2 Å². The molecule has 2 aromatic carbocycles. The van der Waals surface area contributed by atoms with E-state index in [1.165, 1.54) is 16.0 Å². The predicted octanol–water partition coefficient (Wildman–Crippen LogP) is 4.51. The van der Waals surface area contributed by atoms with Crippen molar-refractivity contribution in [3.8, 4) is 11.1 Å². The summed E-state index contributed by atoms with van der Waals surface area (Å²) in [4.78, 5) is 37.2. The van der Waals surface area contributed by atoms with E-state index in [1.807, 2.05) is 45.0 Å². The quantitative estimate of drug-likeness (QED) is 0.508. The summed E-state index contributed by atoms with van der Waals surface area (Å²) in [5.74, 6) is -0.941. The molecule has 2 N–H and O–H groups in total. The fourth-order valence-electron chi connectivity index (χ4n) is 4.40. The Balaban J connectivity index is 1.45. The fraction of sp³-hybridized carbons (Fsp3) is 0.444. The van der Waals surface area contributed by atoms with Gasteiger partial charge >= 0.3 is 12.1 Å². The molecular weight excluding hydrogens is 432 g/mol. The summed E-state index contributed by atoms with van der Waals surface area (Å²) >= 11 is 0. The Morgan fingerprint density at radius 1 is 1.00 bits per heavy atom. The number of aliphatic carboxylic acids is 1. The Hall–Kier alpha value is -3.35. The number of fused-ring (bicyclic) bond motifs is 3. The average molecular weight is 467 g/mol. The number of alkyl carbamates (subject to hydrolysis) is 1. The predicted molar refractivity (Wildman–Crippen MR) is 131 cm³/mol. The minimum absolute atomic E-state index is 0.00868. The summed E-state index contributed by atoms with van der Waals surface area (Å²) in [6.07, 6.45) is 0.317. The van der Waals surface area contributed by atoms with Crippen molar-refractivity contribution in [2.75, 3.05) is 26.2 Å². The molecule has 1 unspecified atom stereocenters. The van der Waals surface area contributed by atoms with Crippen LogP contribution in [-0.4, -0.2) is 54.2 Å². The molecule has 34 heavy (non-hydrogen) atoms. The van der Waals surface area contributed by atoms with Gasteiger partial charge in [0.1, 0.15) is 13.2 Å². The maximum atomic E-state index is 12.5. The number of carboxylic acid groups (broad SMARTS) is 1. The number of rotatable bonds is 11. The molecular formula is C27H34N2O5. The van der Waals surface area contributed by atoms with E-state index in [4.69, 9.17) is 9.84 Å². The van der Waals surface area contributed by atoms with Crippen LogP contribution in [0.1, 0.15) is 50.7 Å². The van der Waals surface area contributed by atoms with Gasteiger partial charge in [-0.25, -0.2) is 4.79 Å². The van der Waals surface area contributed by atoms with Crippen LogP contribution in [-0.2, 0) is 14.3 Å². The molecule has 2 amide bonds. The first-order chi connectivity index (χ1) is 16.3. The molecule has 0 saturated heterocycles. The molecule has 0 aromatic heterocycles. The standard InChI is InChI=1S/C27H34N2O5/c1-18(2)15-29(16-26(31)32)25(30)13-12-19(3)14-28-27(33)34-17-24-22-10-6-4-8-20(22)21-9-5-7-11-23(21)24/h4-11,18-19,24H,12-17H2,1-3H3,(H,28,33)(H,31,32). The van der Waals surface area contributed by atoms with Gasteiger partial charge in [-0.2, -0.15) is 0 Å². The number of benzene rings is 2. The monoisotopic (exact) mass is 466 g/mol. The lowest BCUT2D eigenvalue weighted by atomic mass is 9.98. The number of amides is 2. The molecule has 7 nitrogen and oxygen atoms in total. The van der Waals surface area contributed by atoms with Gasteiger partial charge in [-0.15, -0.1) is 0 Å². The molecule has 0 saturated carbocycles. The number of nitrogens with zero attached hydrogens (tertiary/aromatic N) is 1. The number of hydrogen-bond acceptors (Lipinski definition) is 4. The Kier molecular flexibility index (Phi) is 8.68. The highest BCUT2D eigenvalue weighted by Gasteiger charge is 2.29. The van der Waals surface area contributed by atoms with Gasteiger partial charge in [0.25, 0.3) is 0 Å². The van der Waals surface area contributed by atoms with Crippen LogP contribution < -0.4 is 5.32 Å². The van der Waals surface area contributed by atoms with E-state index < -0.39 is 12.1 Å². The third kappa shape index (κ3) is 6.59. The van der Waals surface area contributed by atoms with E-state index >= 15 is 0 Å². The lowest BCUT2D eigenvalue weighted by molar-refractivity contribution is -0.144. The van der Waals surface area contributed by atoms with Crippen molar-refractivity contribution in [3.05, 3.63) is 59.7 Å². The number of carbonyl (C=O) groups excluding carboxylic acids is 2. The van der Waals surface area contributed by atoms with Crippen molar-refractivity contribution in [3.63, 3.8) is 0 Å². The second-order valence-corrected chi connectivity index (χ2v) is 9.41. The highest BCUT2D eigenvalue weighted by molar-refractivity contribution is 5.81. The van der Waals surface area contributed by atoms with Crippen LogP contribution in [0.4, 0.5) is 4.79 Å². The lowest BCUT2D eigenvalue weighted by Gasteiger charge is -2.23. The maximum Gasteiger partial charge on any atom is 0.407 e. The van der Waals surface area contributed by atoms with Gasteiger partial charge < -0.3 is 20.1 Å². The number of ether oxygens (including phenoxy) is 1. The number of hydrogen-bond donors (Lipinski definition) is 2. The van der Waals surface area contributed by atoms with Crippen molar-refractivity contribution >= 4 is 18.0 Å². The molecule has 2 aromatic rings. The molecule has 3 rings (SSSR count).